The number of aromatic nitrogens is 3. The SMILES string of the molecule is CCOC1CCCN(c2n[nH]c(=S)n2-c2ccccc2)C1. The zero-order chi connectivity index (χ0) is 14.7. The van der Waals surface area contributed by atoms with Crippen molar-refractivity contribution in [1.29, 1.82) is 0 Å². The van der Waals surface area contributed by atoms with Crippen LogP contribution in [0.1, 0.15) is 19.8 Å². The molecule has 1 atom stereocenters. The lowest BCUT2D eigenvalue weighted by Gasteiger charge is -2.33. The lowest BCUT2D eigenvalue weighted by molar-refractivity contribution is 0.0523. The molecule has 0 spiro atoms. The van der Waals surface area contributed by atoms with Crippen molar-refractivity contribution in [3.63, 3.8) is 0 Å². The molecule has 112 valence electrons. The number of H-pyrrole nitrogens is 1. The molecule has 1 unspecified atom stereocenters. The summed E-state index contributed by atoms with van der Waals surface area (Å²) in [6.07, 6.45) is 2.50. The second kappa shape index (κ2) is 6.41. The van der Waals surface area contributed by atoms with Crippen LogP contribution in [0.3, 0.4) is 0 Å². The minimum Gasteiger partial charge on any atom is -0.377 e. The maximum atomic E-state index is 5.77. The standard InChI is InChI=1S/C15H20N4OS/c1-2-20-13-9-6-10-18(11-13)14-16-17-15(21)19(14)12-7-4-3-5-8-12/h3-5,7-8,13H,2,6,9-11H2,1H3,(H,17,21). The Kier molecular flexibility index (Phi) is 4.36. The van der Waals surface area contributed by atoms with Gasteiger partial charge in [0.15, 0.2) is 0 Å². The van der Waals surface area contributed by atoms with E-state index in [1.165, 1.54) is 0 Å². The number of piperidine rings is 1. The highest BCUT2D eigenvalue weighted by molar-refractivity contribution is 7.71. The van der Waals surface area contributed by atoms with Crippen molar-refractivity contribution in [2.24, 2.45) is 0 Å². The van der Waals surface area contributed by atoms with E-state index in [-0.39, 0.29) is 6.10 Å². The third-order valence-corrected chi connectivity index (χ3v) is 4.01. The number of hydrogen-bond acceptors (Lipinski definition) is 4. The molecule has 1 aliphatic rings. The summed E-state index contributed by atoms with van der Waals surface area (Å²) >= 11 is 5.39. The first-order valence-electron chi connectivity index (χ1n) is 7.39. The molecule has 0 radical (unpaired) electrons. The molecule has 0 bridgehead atoms. The van der Waals surface area contributed by atoms with Gasteiger partial charge in [-0.3, -0.25) is 4.57 Å². The predicted octanol–water partition coefficient (Wildman–Crippen LogP) is 2.94. The van der Waals surface area contributed by atoms with E-state index in [1.54, 1.807) is 0 Å². The maximum Gasteiger partial charge on any atom is 0.230 e. The molecule has 0 aliphatic carbocycles. The van der Waals surface area contributed by atoms with Crippen LogP contribution in [-0.4, -0.2) is 40.6 Å². The molecule has 5 nitrogen and oxygen atoms in total. The van der Waals surface area contributed by atoms with Gasteiger partial charge in [-0.2, -0.15) is 0 Å². The van der Waals surface area contributed by atoms with E-state index in [0.717, 1.165) is 44.2 Å². The Balaban J connectivity index is 1.91. The minimum atomic E-state index is 0.276. The quantitative estimate of drug-likeness (QED) is 0.882. The second-order valence-electron chi connectivity index (χ2n) is 5.17. The van der Waals surface area contributed by atoms with Gasteiger partial charge in [0.05, 0.1) is 11.8 Å². The van der Waals surface area contributed by atoms with Crippen LogP contribution in [0.2, 0.25) is 0 Å². The first kappa shape index (κ1) is 14.3. The van der Waals surface area contributed by atoms with Crippen LogP contribution in [0, 0.1) is 4.77 Å². The van der Waals surface area contributed by atoms with Crippen LogP contribution in [0.15, 0.2) is 30.3 Å². The van der Waals surface area contributed by atoms with E-state index in [2.05, 4.69) is 15.1 Å². The minimum absolute atomic E-state index is 0.276. The molecule has 1 N–H and O–H groups in total. The van der Waals surface area contributed by atoms with Gasteiger partial charge in [-0.15, -0.1) is 5.10 Å². The van der Waals surface area contributed by atoms with Gasteiger partial charge in [0.1, 0.15) is 0 Å². The number of rotatable bonds is 4. The second-order valence-corrected chi connectivity index (χ2v) is 5.55. The van der Waals surface area contributed by atoms with Gasteiger partial charge in [0.2, 0.25) is 10.7 Å². The van der Waals surface area contributed by atoms with E-state index >= 15 is 0 Å². The van der Waals surface area contributed by atoms with Gasteiger partial charge >= 0.3 is 0 Å². The number of hydrogen-bond donors (Lipinski definition) is 1. The number of anilines is 1. The molecule has 2 aromatic rings. The third-order valence-electron chi connectivity index (χ3n) is 3.73. The van der Waals surface area contributed by atoms with Crippen LogP contribution >= 0.6 is 12.2 Å². The molecular weight excluding hydrogens is 284 g/mol. The third kappa shape index (κ3) is 3.01. The number of nitrogens with one attached hydrogen (secondary N) is 1. The molecule has 3 rings (SSSR count). The average Bonchev–Trinajstić information content (AvgIpc) is 2.90. The molecule has 0 saturated carbocycles. The van der Waals surface area contributed by atoms with Crippen LogP contribution in [0.5, 0.6) is 0 Å². The van der Waals surface area contributed by atoms with Crippen molar-refractivity contribution in [1.82, 2.24) is 14.8 Å². The molecule has 6 heteroatoms. The van der Waals surface area contributed by atoms with Crippen molar-refractivity contribution in [2.75, 3.05) is 24.6 Å². The van der Waals surface area contributed by atoms with E-state index in [1.807, 2.05) is 41.8 Å². The van der Waals surface area contributed by atoms with Crippen molar-refractivity contribution >= 4 is 18.2 Å². The summed E-state index contributed by atoms with van der Waals surface area (Å²) in [6.45, 7) is 4.64. The molecule has 0 amide bonds. The Morgan fingerprint density at radius 2 is 2.19 bits per heavy atom. The molecule has 1 saturated heterocycles. The number of para-hydroxylation sites is 1. The molecule has 1 aromatic heterocycles. The first-order chi connectivity index (χ1) is 10.3. The first-order valence-corrected chi connectivity index (χ1v) is 7.80. The van der Waals surface area contributed by atoms with Crippen molar-refractivity contribution in [3.05, 3.63) is 35.1 Å². The Labute approximate surface area is 129 Å². The molecule has 1 fully saturated rings. The van der Waals surface area contributed by atoms with Gasteiger partial charge in [-0.25, -0.2) is 5.10 Å². The van der Waals surface area contributed by atoms with Gasteiger partial charge < -0.3 is 9.64 Å². The van der Waals surface area contributed by atoms with E-state index in [4.69, 9.17) is 17.0 Å². The number of aromatic amines is 1. The summed E-state index contributed by atoms with van der Waals surface area (Å²) in [5.41, 5.74) is 1.03. The fourth-order valence-corrected chi connectivity index (χ4v) is 3.03. The predicted molar refractivity (Wildman–Crippen MR) is 85.6 cm³/mol. The topological polar surface area (TPSA) is 46.1 Å². The summed E-state index contributed by atoms with van der Waals surface area (Å²) in [5.74, 6) is 0.871. The molecule has 2 heterocycles. The number of benzene rings is 1. The monoisotopic (exact) mass is 304 g/mol. The van der Waals surface area contributed by atoms with Crippen molar-refractivity contribution in [2.45, 2.75) is 25.9 Å². The average molecular weight is 304 g/mol. The van der Waals surface area contributed by atoms with Crippen LogP contribution in [-0.2, 0) is 4.74 Å². The van der Waals surface area contributed by atoms with Gasteiger partial charge in [0, 0.05) is 19.7 Å². The largest absolute Gasteiger partial charge is 0.377 e. The van der Waals surface area contributed by atoms with E-state index in [9.17, 15) is 0 Å². The van der Waals surface area contributed by atoms with Crippen LogP contribution in [0.25, 0.3) is 5.69 Å². The highest BCUT2D eigenvalue weighted by Crippen LogP contribution is 2.22. The normalized spacial score (nSPS) is 18.9. The molecular formula is C15H20N4OS. The molecule has 1 aromatic carbocycles. The fraction of sp³-hybridized carbons (Fsp3) is 0.467. The van der Waals surface area contributed by atoms with Crippen molar-refractivity contribution < 1.29 is 4.74 Å². The smallest absolute Gasteiger partial charge is 0.230 e. The Bertz CT molecular complexity index is 635. The lowest BCUT2D eigenvalue weighted by Crippen LogP contribution is -2.41. The van der Waals surface area contributed by atoms with Crippen LogP contribution < -0.4 is 4.90 Å². The molecule has 21 heavy (non-hydrogen) atoms. The lowest BCUT2D eigenvalue weighted by atomic mass is 10.1. The summed E-state index contributed by atoms with van der Waals surface area (Å²) in [4.78, 5) is 2.25. The maximum absolute atomic E-state index is 5.77. The molecule has 1 aliphatic heterocycles. The van der Waals surface area contributed by atoms with Crippen LogP contribution in [0.4, 0.5) is 5.95 Å². The van der Waals surface area contributed by atoms with Gasteiger partial charge in [0.25, 0.3) is 0 Å². The summed E-state index contributed by atoms with van der Waals surface area (Å²) in [5, 5.41) is 7.34. The highest BCUT2D eigenvalue weighted by Gasteiger charge is 2.24. The zero-order valence-corrected chi connectivity index (χ0v) is 13.0. The van der Waals surface area contributed by atoms with E-state index < -0.39 is 0 Å². The Morgan fingerprint density at radius 1 is 1.38 bits per heavy atom. The zero-order valence-electron chi connectivity index (χ0n) is 12.2. The summed E-state index contributed by atoms with van der Waals surface area (Å²) in [6, 6.07) is 10.1. The Hall–Kier alpha value is -1.66. The van der Waals surface area contributed by atoms with Crippen molar-refractivity contribution in [3.8, 4) is 5.69 Å². The number of nitrogens with zero attached hydrogens (tertiary/aromatic N) is 3. The number of ether oxygens (including phenoxy) is 1. The fourth-order valence-electron chi connectivity index (χ4n) is 2.80. The summed E-state index contributed by atoms with van der Waals surface area (Å²) < 4.78 is 8.38. The van der Waals surface area contributed by atoms with E-state index in [0.29, 0.717) is 4.77 Å². The summed E-state index contributed by atoms with van der Waals surface area (Å²) in [7, 11) is 0. The highest BCUT2D eigenvalue weighted by atomic mass is 32.1. The Morgan fingerprint density at radius 3 is 2.95 bits per heavy atom. The van der Waals surface area contributed by atoms with Gasteiger partial charge in [-0.05, 0) is 44.1 Å². The van der Waals surface area contributed by atoms with Gasteiger partial charge in [-0.1, -0.05) is 18.2 Å².